The molecule has 0 saturated heterocycles. The zero-order chi connectivity index (χ0) is 12.6. The monoisotopic (exact) mass is 242 g/mol. The van der Waals surface area contributed by atoms with Crippen molar-refractivity contribution in [2.75, 3.05) is 0 Å². The number of aromatic amines is 1. The Bertz CT molecular complexity index is 529. The molecule has 0 atom stereocenters. The summed E-state index contributed by atoms with van der Waals surface area (Å²) >= 11 is 0. The van der Waals surface area contributed by atoms with Crippen LogP contribution in [0.1, 0.15) is 11.3 Å². The molecular weight excluding hydrogens is 233 g/mol. The van der Waals surface area contributed by atoms with Crippen LogP contribution in [0.25, 0.3) is 11.3 Å². The number of alkyl halides is 3. The Balaban J connectivity index is 2.40. The first-order valence-corrected chi connectivity index (χ1v) is 4.81. The predicted octanol–water partition coefficient (Wildman–Crippen LogP) is 3.11. The largest absolute Gasteiger partial charge is 0.504 e. The topological polar surface area (TPSA) is 48.9 Å². The first-order valence-electron chi connectivity index (χ1n) is 4.81. The van der Waals surface area contributed by atoms with E-state index in [2.05, 4.69) is 10.2 Å². The van der Waals surface area contributed by atoms with Gasteiger partial charge in [0.1, 0.15) is 5.69 Å². The van der Waals surface area contributed by atoms with Crippen LogP contribution in [0.2, 0.25) is 0 Å². The lowest BCUT2D eigenvalue weighted by atomic mass is 10.1. The minimum absolute atomic E-state index is 0.0511. The van der Waals surface area contributed by atoms with Crippen LogP contribution in [-0.2, 0) is 6.18 Å². The number of benzene rings is 1. The van der Waals surface area contributed by atoms with Crippen molar-refractivity contribution >= 4 is 0 Å². The quantitative estimate of drug-likeness (QED) is 0.807. The number of aromatic hydroxyl groups is 1. The van der Waals surface area contributed by atoms with Crippen molar-refractivity contribution in [3.8, 4) is 17.0 Å². The van der Waals surface area contributed by atoms with Gasteiger partial charge in [-0.2, -0.15) is 18.3 Å². The van der Waals surface area contributed by atoms with E-state index < -0.39 is 11.7 Å². The van der Waals surface area contributed by atoms with Gasteiger partial charge in [-0.25, -0.2) is 0 Å². The molecule has 2 N–H and O–H groups in total. The van der Waals surface area contributed by atoms with Crippen molar-refractivity contribution in [1.82, 2.24) is 10.2 Å². The average molecular weight is 242 g/mol. The third-order valence-corrected chi connectivity index (χ3v) is 2.40. The second-order valence-corrected chi connectivity index (χ2v) is 3.62. The fourth-order valence-corrected chi connectivity index (χ4v) is 1.44. The number of halogens is 3. The van der Waals surface area contributed by atoms with Crippen LogP contribution in [0.3, 0.4) is 0 Å². The van der Waals surface area contributed by atoms with Crippen molar-refractivity contribution in [1.29, 1.82) is 0 Å². The maximum Gasteiger partial charge on any atom is 0.416 e. The Hall–Kier alpha value is -1.98. The number of nitrogens with one attached hydrogen (secondary N) is 1. The molecule has 0 unspecified atom stereocenters. The van der Waals surface area contributed by atoms with Gasteiger partial charge in [-0.1, -0.05) is 12.1 Å². The number of H-pyrrole nitrogens is 1. The summed E-state index contributed by atoms with van der Waals surface area (Å²) in [6.07, 6.45) is -4.36. The van der Waals surface area contributed by atoms with E-state index in [1.54, 1.807) is 6.92 Å². The Morgan fingerprint density at radius 3 is 2.18 bits per heavy atom. The van der Waals surface area contributed by atoms with Gasteiger partial charge in [-0.05, 0) is 19.1 Å². The standard InChI is InChI=1S/C11H9F3N2O/c1-6-10(17)9(16-15-6)7-2-4-8(5-3-7)11(12,13)14/h2-5,17H,1H3,(H,15,16). The van der Waals surface area contributed by atoms with Crippen molar-refractivity contribution in [2.45, 2.75) is 13.1 Å². The number of hydrogen-bond donors (Lipinski definition) is 2. The molecule has 0 fully saturated rings. The van der Waals surface area contributed by atoms with E-state index in [1.165, 1.54) is 12.1 Å². The number of aromatic nitrogens is 2. The van der Waals surface area contributed by atoms with E-state index in [1.807, 2.05) is 0 Å². The van der Waals surface area contributed by atoms with Crippen molar-refractivity contribution in [3.63, 3.8) is 0 Å². The summed E-state index contributed by atoms with van der Waals surface area (Å²) in [6.45, 7) is 1.62. The van der Waals surface area contributed by atoms with E-state index in [0.717, 1.165) is 12.1 Å². The maximum atomic E-state index is 12.3. The van der Waals surface area contributed by atoms with E-state index in [9.17, 15) is 18.3 Å². The molecule has 0 amide bonds. The lowest BCUT2D eigenvalue weighted by molar-refractivity contribution is -0.137. The fourth-order valence-electron chi connectivity index (χ4n) is 1.44. The summed E-state index contributed by atoms with van der Waals surface area (Å²) in [4.78, 5) is 0. The minimum Gasteiger partial charge on any atom is -0.504 e. The minimum atomic E-state index is -4.36. The molecule has 6 heteroatoms. The molecular formula is C11H9F3N2O. The van der Waals surface area contributed by atoms with Crippen molar-refractivity contribution < 1.29 is 18.3 Å². The van der Waals surface area contributed by atoms with Gasteiger partial charge in [0.15, 0.2) is 5.75 Å². The Labute approximate surface area is 94.9 Å². The molecule has 3 nitrogen and oxygen atoms in total. The SMILES string of the molecule is Cc1[nH]nc(-c2ccc(C(F)(F)F)cc2)c1O. The smallest absolute Gasteiger partial charge is 0.416 e. The van der Waals surface area contributed by atoms with E-state index in [0.29, 0.717) is 11.3 Å². The normalized spacial score (nSPS) is 11.8. The van der Waals surface area contributed by atoms with E-state index in [-0.39, 0.29) is 11.4 Å². The summed E-state index contributed by atoms with van der Waals surface area (Å²) in [6, 6.07) is 4.47. The molecule has 0 spiro atoms. The van der Waals surface area contributed by atoms with Crippen LogP contribution in [0.4, 0.5) is 13.2 Å². The zero-order valence-electron chi connectivity index (χ0n) is 8.84. The predicted molar refractivity (Wildman–Crippen MR) is 55.4 cm³/mol. The first kappa shape index (κ1) is 11.5. The van der Waals surface area contributed by atoms with E-state index in [4.69, 9.17) is 0 Å². The number of rotatable bonds is 1. The molecule has 0 aliphatic rings. The number of hydrogen-bond acceptors (Lipinski definition) is 2. The molecule has 0 radical (unpaired) electrons. The third kappa shape index (κ3) is 2.11. The van der Waals surface area contributed by atoms with Crippen molar-refractivity contribution in [2.24, 2.45) is 0 Å². The molecule has 17 heavy (non-hydrogen) atoms. The van der Waals surface area contributed by atoms with Gasteiger partial charge in [0, 0.05) is 5.56 Å². The molecule has 1 aromatic carbocycles. The highest BCUT2D eigenvalue weighted by molar-refractivity contribution is 5.67. The molecule has 2 rings (SSSR count). The van der Waals surface area contributed by atoms with Gasteiger partial charge in [0.05, 0.1) is 11.3 Å². The Kier molecular flexibility index (Phi) is 2.57. The first-order chi connectivity index (χ1) is 7.89. The summed E-state index contributed by atoms with van der Waals surface area (Å²) in [5.74, 6) is -0.0511. The molecule has 1 heterocycles. The average Bonchev–Trinajstić information content (AvgIpc) is 2.59. The van der Waals surface area contributed by atoms with Crippen LogP contribution >= 0.6 is 0 Å². The zero-order valence-corrected chi connectivity index (χ0v) is 8.84. The molecule has 90 valence electrons. The second-order valence-electron chi connectivity index (χ2n) is 3.62. The van der Waals surface area contributed by atoms with Crippen LogP contribution in [0, 0.1) is 6.92 Å². The number of aryl methyl sites for hydroxylation is 1. The molecule has 0 saturated carbocycles. The van der Waals surface area contributed by atoms with Gasteiger partial charge in [0.25, 0.3) is 0 Å². The van der Waals surface area contributed by atoms with Gasteiger partial charge in [0.2, 0.25) is 0 Å². The summed E-state index contributed by atoms with van der Waals surface area (Å²) in [7, 11) is 0. The maximum absolute atomic E-state index is 12.3. The van der Waals surface area contributed by atoms with Gasteiger partial charge >= 0.3 is 6.18 Å². The fraction of sp³-hybridized carbons (Fsp3) is 0.182. The summed E-state index contributed by atoms with van der Waals surface area (Å²) in [5.41, 5.74) is 0.420. The van der Waals surface area contributed by atoms with Crippen LogP contribution in [0.15, 0.2) is 24.3 Å². The van der Waals surface area contributed by atoms with Gasteiger partial charge in [-0.3, -0.25) is 5.10 Å². The lowest BCUT2D eigenvalue weighted by Crippen LogP contribution is -2.03. The van der Waals surface area contributed by atoms with Crippen LogP contribution in [-0.4, -0.2) is 15.3 Å². The summed E-state index contributed by atoms with van der Waals surface area (Å²) < 4.78 is 37.0. The highest BCUT2D eigenvalue weighted by Crippen LogP contribution is 2.33. The molecule has 2 aromatic rings. The van der Waals surface area contributed by atoms with Gasteiger partial charge in [-0.15, -0.1) is 0 Å². The van der Waals surface area contributed by atoms with Crippen LogP contribution < -0.4 is 0 Å². The highest BCUT2D eigenvalue weighted by atomic mass is 19.4. The third-order valence-electron chi connectivity index (χ3n) is 2.40. The molecule has 0 bridgehead atoms. The van der Waals surface area contributed by atoms with E-state index >= 15 is 0 Å². The van der Waals surface area contributed by atoms with Gasteiger partial charge < -0.3 is 5.11 Å². The molecule has 0 aliphatic carbocycles. The molecule has 1 aromatic heterocycles. The lowest BCUT2D eigenvalue weighted by Gasteiger charge is -2.06. The molecule has 0 aliphatic heterocycles. The Morgan fingerprint density at radius 1 is 1.18 bits per heavy atom. The van der Waals surface area contributed by atoms with Crippen molar-refractivity contribution in [3.05, 3.63) is 35.5 Å². The highest BCUT2D eigenvalue weighted by Gasteiger charge is 2.30. The second kappa shape index (κ2) is 3.80. The summed E-state index contributed by atoms with van der Waals surface area (Å²) in [5, 5.41) is 16.0. The van der Waals surface area contributed by atoms with Crippen LogP contribution in [0.5, 0.6) is 5.75 Å². The Morgan fingerprint density at radius 2 is 1.76 bits per heavy atom. The number of nitrogens with zero attached hydrogens (tertiary/aromatic N) is 1.